The number of nitrogens with zero attached hydrogens (tertiary/aromatic N) is 1. The maximum absolute atomic E-state index is 9.02. The fourth-order valence-corrected chi connectivity index (χ4v) is 2.48. The fraction of sp³-hybridized carbons (Fsp3) is 0.368. The number of nitrogen functional groups attached to an aromatic ring is 1. The Balaban J connectivity index is 1.89. The van der Waals surface area contributed by atoms with Crippen LogP contribution in [0.4, 0.5) is 5.69 Å². The van der Waals surface area contributed by atoms with Gasteiger partial charge in [-0.25, -0.2) is 0 Å². The second-order valence-corrected chi connectivity index (χ2v) is 5.55. The van der Waals surface area contributed by atoms with Crippen molar-refractivity contribution in [2.24, 2.45) is 0 Å². The number of nitrogens with two attached hydrogens (primary N) is 1. The van der Waals surface area contributed by atoms with E-state index in [9.17, 15) is 0 Å². The number of aliphatic hydroxyl groups excluding tert-OH is 1. The van der Waals surface area contributed by atoms with E-state index in [0.717, 1.165) is 30.8 Å². The lowest BCUT2D eigenvalue weighted by Crippen LogP contribution is -2.28. The topological polar surface area (TPSA) is 58.7 Å². The van der Waals surface area contributed by atoms with Crippen LogP contribution in [0.15, 0.2) is 48.5 Å². The van der Waals surface area contributed by atoms with Gasteiger partial charge in [-0.15, -0.1) is 0 Å². The molecule has 4 nitrogen and oxygen atoms in total. The summed E-state index contributed by atoms with van der Waals surface area (Å²) in [5, 5.41) is 9.02. The van der Waals surface area contributed by atoms with Crippen LogP contribution in [-0.2, 0) is 13.0 Å². The average molecular weight is 314 g/mol. The van der Waals surface area contributed by atoms with Gasteiger partial charge in [0.1, 0.15) is 12.4 Å². The lowest BCUT2D eigenvalue weighted by molar-refractivity contribution is 0.203. The smallest absolute Gasteiger partial charge is 0.142 e. The summed E-state index contributed by atoms with van der Waals surface area (Å²) in [6.45, 7) is 5.39. The molecule has 3 N–H and O–H groups in total. The van der Waals surface area contributed by atoms with Crippen molar-refractivity contribution in [2.45, 2.75) is 20.0 Å². The SMILES string of the molecule is CCN(CCO)CCc1ccc(OCc2ccccc2)c(N)c1. The van der Waals surface area contributed by atoms with Gasteiger partial charge in [-0.3, -0.25) is 0 Å². The van der Waals surface area contributed by atoms with Gasteiger partial charge in [-0.1, -0.05) is 43.3 Å². The summed E-state index contributed by atoms with van der Waals surface area (Å²) in [5.41, 5.74) is 9.08. The Morgan fingerprint density at radius 3 is 2.48 bits per heavy atom. The standard InChI is InChI=1S/C19H26N2O2/c1-2-21(12-13-22)11-10-16-8-9-19(18(20)14-16)23-15-17-6-4-3-5-7-17/h3-9,14,22H,2,10-13,15,20H2,1H3. The van der Waals surface area contributed by atoms with Crippen molar-refractivity contribution in [3.8, 4) is 5.75 Å². The maximum atomic E-state index is 9.02. The predicted octanol–water partition coefficient (Wildman–Crippen LogP) is 2.70. The number of hydrogen-bond acceptors (Lipinski definition) is 4. The zero-order chi connectivity index (χ0) is 16.5. The monoisotopic (exact) mass is 314 g/mol. The van der Waals surface area contributed by atoms with Crippen LogP contribution in [-0.4, -0.2) is 36.2 Å². The first-order valence-corrected chi connectivity index (χ1v) is 8.11. The van der Waals surface area contributed by atoms with E-state index in [0.29, 0.717) is 18.8 Å². The number of rotatable bonds is 9. The molecular formula is C19H26N2O2. The average Bonchev–Trinajstić information content (AvgIpc) is 2.58. The summed E-state index contributed by atoms with van der Waals surface area (Å²) in [6, 6.07) is 16.0. The van der Waals surface area contributed by atoms with Crippen LogP contribution >= 0.6 is 0 Å². The van der Waals surface area contributed by atoms with E-state index in [2.05, 4.69) is 17.9 Å². The molecule has 0 unspecified atom stereocenters. The summed E-state index contributed by atoms with van der Waals surface area (Å²) in [6.07, 6.45) is 0.914. The lowest BCUT2D eigenvalue weighted by Gasteiger charge is -2.19. The van der Waals surface area contributed by atoms with Crippen molar-refractivity contribution in [1.29, 1.82) is 0 Å². The molecular weight excluding hydrogens is 288 g/mol. The molecule has 0 aliphatic heterocycles. The van der Waals surface area contributed by atoms with Gasteiger partial charge in [0.15, 0.2) is 0 Å². The predicted molar refractivity (Wildman–Crippen MR) is 94.5 cm³/mol. The molecule has 0 aliphatic rings. The molecule has 4 heteroatoms. The molecule has 2 aromatic carbocycles. The third-order valence-corrected chi connectivity index (χ3v) is 3.89. The molecule has 0 aliphatic carbocycles. The van der Waals surface area contributed by atoms with Gasteiger partial charge in [0.05, 0.1) is 12.3 Å². The van der Waals surface area contributed by atoms with Crippen LogP contribution in [0.25, 0.3) is 0 Å². The third-order valence-electron chi connectivity index (χ3n) is 3.89. The minimum Gasteiger partial charge on any atom is -0.487 e. The first-order chi connectivity index (χ1) is 11.2. The second kappa shape index (κ2) is 9.18. The van der Waals surface area contributed by atoms with Crippen molar-refractivity contribution in [2.75, 3.05) is 32.0 Å². The highest BCUT2D eigenvalue weighted by Crippen LogP contribution is 2.24. The molecule has 0 bridgehead atoms. The summed E-state index contributed by atoms with van der Waals surface area (Å²) < 4.78 is 5.79. The molecule has 0 atom stereocenters. The van der Waals surface area contributed by atoms with E-state index in [1.807, 2.05) is 42.5 Å². The molecule has 0 saturated heterocycles. The molecule has 23 heavy (non-hydrogen) atoms. The van der Waals surface area contributed by atoms with Crippen LogP contribution in [0.1, 0.15) is 18.1 Å². The van der Waals surface area contributed by atoms with Gasteiger partial charge >= 0.3 is 0 Å². The van der Waals surface area contributed by atoms with Gasteiger partial charge < -0.3 is 20.5 Å². The largest absolute Gasteiger partial charge is 0.487 e. The Labute approximate surface area is 138 Å². The first-order valence-electron chi connectivity index (χ1n) is 8.11. The van der Waals surface area contributed by atoms with E-state index >= 15 is 0 Å². The van der Waals surface area contributed by atoms with Crippen LogP contribution in [0, 0.1) is 0 Å². The molecule has 2 rings (SSSR count). The van der Waals surface area contributed by atoms with Crippen molar-refractivity contribution in [1.82, 2.24) is 4.90 Å². The molecule has 124 valence electrons. The Kier molecular flexibility index (Phi) is 6.91. The molecule has 2 aromatic rings. The van der Waals surface area contributed by atoms with E-state index in [-0.39, 0.29) is 6.61 Å². The quantitative estimate of drug-likeness (QED) is 0.699. The molecule has 0 amide bonds. The van der Waals surface area contributed by atoms with E-state index < -0.39 is 0 Å². The molecule has 0 saturated carbocycles. The summed E-state index contributed by atoms with van der Waals surface area (Å²) in [4.78, 5) is 2.22. The minimum atomic E-state index is 0.197. The highest BCUT2D eigenvalue weighted by Gasteiger charge is 2.05. The van der Waals surface area contributed by atoms with Crippen LogP contribution in [0.2, 0.25) is 0 Å². The third kappa shape index (κ3) is 5.58. The van der Waals surface area contributed by atoms with Gasteiger partial charge in [-0.2, -0.15) is 0 Å². The molecule has 0 aromatic heterocycles. The van der Waals surface area contributed by atoms with Crippen molar-refractivity contribution in [3.05, 3.63) is 59.7 Å². The Morgan fingerprint density at radius 1 is 1.04 bits per heavy atom. The Bertz CT molecular complexity index is 587. The summed E-state index contributed by atoms with van der Waals surface area (Å²) in [7, 11) is 0. The molecule has 0 radical (unpaired) electrons. The second-order valence-electron chi connectivity index (χ2n) is 5.55. The molecule has 0 heterocycles. The zero-order valence-corrected chi connectivity index (χ0v) is 13.7. The fourth-order valence-electron chi connectivity index (χ4n) is 2.48. The minimum absolute atomic E-state index is 0.197. The van der Waals surface area contributed by atoms with Gasteiger partial charge in [0.2, 0.25) is 0 Å². The highest BCUT2D eigenvalue weighted by atomic mass is 16.5. The summed E-state index contributed by atoms with van der Waals surface area (Å²) in [5.74, 6) is 0.723. The van der Waals surface area contributed by atoms with E-state index in [1.165, 1.54) is 5.56 Å². The normalized spacial score (nSPS) is 10.9. The number of ether oxygens (including phenoxy) is 1. The highest BCUT2D eigenvalue weighted by molar-refractivity contribution is 5.54. The number of benzene rings is 2. The Hall–Kier alpha value is -2.04. The van der Waals surface area contributed by atoms with E-state index in [4.69, 9.17) is 15.6 Å². The van der Waals surface area contributed by atoms with Crippen LogP contribution < -0.4 is 10.5 Å². The zero-order valence-electron chi connectivity index (χ0n) is 13.7. The first kappa shape index (κ1) is 17.3. The number of likely N-dealkylation sites (N-methyl/N-ethyl adjacent to an activating group) is 1. The Morgan fingerprint density at radius 2 is 1.83 bits per heavy atom. The number of anilines is 1. The summed E-state index contributed by atoms with van der Waals surface area (Å²) >= 11 is 0. The number of hydrogen-bond donors (Lipinski definition) is 2. The van der Waals surface area contributed by atoms with Crippen molar-refractivity contribution >= 4 is 5.69 Å². The molecule has 0 fully saturated rings. The van der Waals surface area contributed by atoms with Crippen molar-refractivity contribution < 1.29 is 9.84 Å². The van der Waals surface area contributed by atoms with Gasteiger partial charge in [0.25, 0.3) is 0 Å². The molecule has 0 spiro atoms. The lowest BCUT2D eigenvalue weighted by atomic mass is 10.1. The van der Waals surface area contributed by atoms with Crippen molar-refractivity contribution in [3.63, 3.8) is 0 Å². The van der Waals surface area contributed by atoms with Gasteiger partial charge in [0, 0.05) is 13.1 Å². The van der Waals surface area contributed by atoms with Gasteiger partial charge in [-0.05, 0) is 36.2 Å². The van der Waals surface area contributed by atoms with Crippen LogP contribution in [0.3, 0.4) is 0 Å². The van der Waals surface area contributed by atoms with Crippen LogP contribution in [0.5, 0.6) is 5.75 Å². The van der Waals surface area contributed by atoms with E-state index in [1.54, 1.807) is 0 Å². The number of aliphatic hydroxyl groups is 1. The maximum Gasteiger partial charge on any atom is 0.142 e.